The lowest BCUT2D eigenvalue weighted by Gasteiger charge is -2.12. The third-order valence-corrected chi connectivity index (χ3v) is 3.82. The molecule has 0 heterocycles. The number of hydrogen-bond acceptors (Lipinski definition) is 2. The molecule has 3 nitrogen and oxygen atoms in total. The van der Waals surface area contributed by atoms with E-state index < -0.39 is 28.9 Å². The van der Waals surface area contributed by atoms with Crippen LogP contribution in [0, 0.1) is 11.6 Å². The van der Waals surface area contributed by atoms with Crippen LogP contribution in [0.25, 0.3) is 0 Å². The van der Waals surface area contributed by atoms with Crippen LogP contribution in [0.3, 0.4) is 0 Å². The van der Waals surface area contributed by atoms with Gasteiger partial charge in [-0.3, -0.25) is 0 Å². The Labute approximate surface area is 129 Å². The maximum absolute atomic E-state index is 13.8. The predicted molar refractivity (Wildman–Crippen MR) is 78.4 cm³/mol. The SMILES string of the molecule is O=C(O)c1cc(F)c(Nc2c(Br)cccc2Br)c(F)c1. The Morgan fingerprint density at radius 1 is 1.05 bits per heavy atom. The number of carbonyl (C=O) groups is 1. The Morgan fingerprint density at radius 3 is 2.00 bits per heavy atom. The van der Waals surface area contributed by atoms with E-state index in [9.17, 15) is 13.6 Å². The molecule has 0 bridgehead atoms. The molecular weight excluding hydrogens is 400 g/mol. The fraction of sp³-hybridized carbons (Fsp3) is 0. The first kappa shape index (κ1) is 14.9. The first-order valence-electron chi connectivity index (χ1n) is 5.33. The normalized spacial score (nSPS) is 10.4. The Morgan fingerprint density at radius 2 is 1.55 bits per heavy atom. The first-order valence-corrected chi connectivity index (χ1v) is 6.92. The van der Waals surface area contributed by atoms with Crippen molar-refractivity contribution in [2.75, 3.05) is 5.32 Å². The summed E-state index contributed by atoms with van der Waals surface area (Å²) in [7, 11) is 0. The van der Waals surface area contributed by atoms with Crippen LogP contribution in [0.2, 0.25) is 0 Å². The summed E-state index contributed by atoms with van der Waals surface area (Å²) < 4.78 is 28.9. The zero-order chi connectivity index (χ0) is 14.9. The van der Waals surface area contributed by atoms with Crippen LogP contribution in [0.1, 0.15) is 10.4 Å². The zero-order valence-electron chi connectivity index (χ0n) is 9.75. The molecule has 0 aliphatic carbocycles. The molecule has 7 heteroatoms. The van der Waals surface area contributed by atoms with E-state index in [0.717, 1.165) is 12.1 Å². The second kappa shape index (κ2) is 5.88. The third-order valence-electron chi connectivity index (χ3n) is 2.50. The topological polar surface area (TPSA) is 49.3 Å². The van der Waals surface area contributed by atoms with Crippen LogP contribution in [0.4, 0.5) is 20.2 Å². The second-order valence-electron chi connectivity index (χ2n) is 3.84. The number of hydrogen-bond donors (Lipinski definition) is 2. The number of carboxylic acid groups (broad SMARTS) is 1. The fourth-order valence-electron chi connectivity index (χ4n) is 1.56. The molecule has 0 radical (unpaired) electrons. The summed E-state index contributed by atoms with van der Waals surface area (Å²) >= 11 is 6.52. The molecule has 0 spiro atoms. The van der Waals surface area contributed by atoms with Crippen molar-refractivity contribution in [2.45, 2.75) is 0 Å². The summed E-state index contributed by atoms with van der Waals surface area (Å²) in [5.74, 6) is -3.36. The second-order valence-corrected chi connectivity index (χ2v) is 5.55. The van der Waals surface area contributed by atoms with Gasteiger partial charge in [0.1, 0.15) is 5.69 Å². The highest BCUT2D eigenvalue weighted by molar-refractivity contribution is 9.11. The molecule has 0 saturated carbocycles. The quantitative estimate of drug-likeness (QED) is 0.759. The minimum Gasteiger partial charge on any atom is -0.478 e. The molecule has 0 aromatic heterocycles. The average Bonchev–Trinajstić information content (AvgIpc) is 2.36. The average molecular weight is 407 g/mol. The number of para-hydroxylation sites is 1. The Hall–Kier alpha value is -1.47. The van der Waals surface area contributed by atoms with E-state index in [-0.39, 0.29) is 0 Å². The van der Waals surface area contributed by atoms with E-state index in [4.69, 9.17) is 5.11 Å². The van der Waals surface area contributed by atoms with Crippen molar-refractivity contribution in [3.63, 3.8) is 0 Å². The van der Waals surface area contributed by atoms with Crippen molar-refractivity contribution in [1.82, 2.24) is 0 Å². The van der Waals surface area contributed by atoms with E-state index in [1.54, 1.807) is 18.2 Å². The molecule has 2 aromatic carbocycles. The van der Waals surface area contributed by atoms with E-state index in [1.165, 1.54) is 0 Å². The third kappa shape index (κ3) is 2.99. The van der Waals surface area contributed by atoms with Crippen molar-refractivity contribution in [2.24, 2.45) is 0 Å². The van der Waals surface area contributed by atoms with Crippen molar-refractivity contribution in [3.8, 4) is 0 Å². The Balaban J connectivity index is 2.47. The van der Waals surface area contributed by atoms with Crippen molar-refractivity contribution >= 4 is 49.2 Å². The van der Waals surface area contributed by atoms with Gasteiger partial charge >= 0.3 is 5.97 Å². The Kier molecular flexibility index (Phi) is 4.39. The lowest BCUT2D eigenvalue weighted by atomic mass is 10.2. The summed E-state index contributed by atoms with van der Waals surface area (Å²) in [5.41, 5.74) is -0.423. The summed E-state index contributed by atoms with van der Waals surface area (Å²) in [6.07, 6.45) is 0. The van der Waals surface area contributed by atoms with Crippen LogP contribution < -0.4 is 5.32 Å². The van der Waals surface area contributed by atoms with Crippen LogP contribution in [0.5, 0.6) is 0 Å². The van der Waals surface area contributed by atoms with Gasteiger partial charge in [0.05, 0.1) is 11.3 Å². The summed E-state index contributed by atoms with van der Waals surface area (Å²) in [6, 6.07) is 6.68. The summed E-state index contributed by atoms with van der Waals surface area (Å²) in [5, 5.41) is 11.3. The molecule has 0 saturated heterocycles. The fourth-order valence-corrected chi connectivity index (χ4v) is 2.75. The molecule has 104 valence electrons. The van der Waals surface area contributed by atoms with Gasteiger partial charge in [0.25, 0.3) is 0 Å². The Bertz CT molecular complexity index is 649. The molecule has 2 rings (SSSR count). The van der Waals surface area contributed by atoms with Gasteiger partial charge in [0, 0.05) is 8.95 Å². The number of halogens is 4. The summed E-state index contributed by atoms with van der Waals surface area (Å²) in [6.45, 7) is 0. The van der Waals surface area contributed by atoms with Crippen molar-refractivity contribution in [1.29, 1.82) is 0 Å². The molecule has 0 fully saturated rings. The molecule has 20 heavy (non-hydrogen) atoms. The highest BCUT2D eigenvalue weighted by Crippen LogP contribution is 2.35. The molecule has 2 aromatic rings. The molecule has 0 atom stereocenters. The molecule has 0 aliphatic rings. The molecule has 2 N–H and O–H groups in total. The smallest absolute Gasteiger partial charge is 0.335 e. The number of benzene rings is 2. The van der Waals surface area contributed by atoms with Gasteiger partial charge in [0.2, 0.25) is 0 Å². The van der Waals surface area contributed by atoms with E-state index >= 15 is 0 Å². The van der Waals surface area contributed by atoms with Gasteiger partial charge in [0.15, 0.2) is 11.6 Å². The molecule has 0 aliphatic heterocycles. The lowest BCUT2D eigenvalue weighted by Crippen LogP contribution is -2.04. The molecular formula is C13H7Br2F2NO2. The van der Waals surface area contributed by atoms with Crippen molar-refractivity contribution < 1.29 is 18.7 Å². The highest BCUT2D eigenvalue weighted by Gasteiger charge is 2.16. The number of nitrogens with one attached hydrogen (secondary N) is 1. The van der Waals surface area contributed by atoms with Gasteiger partial charge < -0.3 is 10.4 Å². The van der Waals surface area contributed by atoms with Crippen LogP contribution in [-0.2, 0) is 0 Å². The minimum atomic E-state index is -1.39. The number of aromatic carboxylic acids is 1. The number of rotatable bonds is 3. The van der Waals surface area contributed by atoms with Gasteiger partial charge in [-0.15, -0.1) is 0 Å². The standard InChI is InChI=1S/C13H7Br2F2NO2/c14-7-2-1-3-8(15)11(7)18-12-9(16)4-6(13(19)20)5-10(12)17/h1-5,18H,(H,19,20). The van der Waals surface area contributed by atoms with Gasteiger partial charge in [-0.25, -0.2) is 13.6 Å². The van der Waals surface area contributed by atoms with Crippen LogP contribution in [0.15, 0.2) is 39.3 Å². The van der Waals surface area contributed by atoms with E-state index in [2.05, 4.69) is 37.2 Å². The predicted octanol–water partition coefficient (Wildman–Crippen LogP) is 4.93. The maximum atomic E-state index is 13.8. The van der Waals surface area contributed by atoms with Crippen LogP contribution in [-0.4, -0.2) is 11.1 Å². The minimum absolute atomic E-state index is 0.414. The van der Waals surface area contributed by atoms with Gasteiger partial charge in [-0.2, -0.15) is 0 Å². The molecule has 0 amide bonds. The first-order chi connectivity index (χ1) is 9.40. The summed E-state index contributed by atoms with van der Waals surface area (Å²) in [4.78, 5) is 10.7. The number of carboxylic acids is 1. The largest absolute Gasteiger partial charge is 0.478 e. The highest BCUT2D eigenvalue weighted by atomic mass is 79.9. The van der Waals surface area contributed by atoms with Crippen molar-refractivity contribution in [3.05, 3.63) is 56.5 Å². The lowest BCUT2D eigenvalue weighted by molar-refractivity contribution is 0.0696. The monoisotopic (exact) mass is 405 g/mol. The number of anilines is 2. The van der Waals surface area contributed by atoms with E-state index in [0.29, 0.717) is 14.6 Å². The van der Waals surface area contributed by atoms with Crippen LogP contribution >= 0.6 is 31.9 Å². The van der Waals surface area contributed by atoms with Gasteiger partial charge in [-0.05, 0) is 56.1 Å². The zero-order valence-corrected chi connectivity index (χ0v) is 12.9. The maximum Gasteiger partial charge on any atom is 0.335 e. The molecule has 0 unspecified atom stereocenters. The van der Waals surface area contributed by atoms with E-state index in [1.807, 2.05) is 0 Å². The van der Waals surface area contributed by atoms with Gasteiger partial charge in [-0.1, -0.05) is 6.07 Å².